The fourth-order valence-electron chi connectivity index (χ4n) is 2.96. The van der Waals surface area contributed by atoms with Crippen molar-refractivity contribution in [2.45, 2.75) is 30.8 Å². The van der Waals surface area contributed by atoms with Crippen molar-refractivity contribution in [2.75, 3.05) is 20.0 Å². The first kappa shape index (κ1) is 17.8. The molecule has 25 heavy (non-hydrogen) atoms. The quantitative estimate of drug-likeness (QED) is 0.599. The fourth-order valence-corrected chi connectivity index (χ4v) is 3.94. The molecule has 1 saturated carbocycles. The molecule has 1 aliphatic rings. The Morgan fingerprint density at radius 3 is 2.64 bits per heavy atom. The number of fused-ring (bicyclic) bond motifs is 1. The number of carbonyl (C=O) groups is 1. The van der Waals surface area contributed by atoms with Crippen LogP contribution in [0.15, 0.2) is 22.0 Å². The number of aromatic nitrogens is 1. The molecule has 0 bridgehead atoms. The zero-order chi connectivity index (χ0) is 18.3. The van der Waals surface area contributed by atoms with Gasteiger partial charge >= 0.3 is 5.97 Å². The van der Waals surface area contributed by atoms with Crippen LogP contribution in [0.25, 0.3) is 10.9 Å². The highest BCUT2D eigenvalue weighted by atomic mass is 32.2. The van der Waals surface area contributed by atoms with E-state index in [1.165, 1.54) is 19.4 Å². The zero-order valence-corrected chi connectivity index (χ0v) is 14.9. The summed E-state index contributed by atoms with van der Waals surface area (Å²) in [4.78, 5) is 25.3. The number of halogens is 1. The lowest BCUT2D eigenvalue weighted by Gasteiger charge is -2.20. The highest BCUT2D eigenvalue weighted by Gasteiger charge is 2.37. The molecule has 0 radical (unpaired) electrons. The van der Waals surface area contributed by atoms with Gasteiger partial charge in [0.05, 0.1) is 19.1 Å². The summed E-state index contributed by atoms with van der Waals surface area (Å²) in [6.07, 6.45) is 2.95. The van der Waals surface area contributed by atoms with Gasteiger partial charge in [-0.05, 0) is 31.9 Å². The number of hydrogen-bond donors (Lipinski definition) is 0. The van der Waals surface area contributed by atoms with Crippen molar-refractivity contribution < 1.29 is 23.2 Å². The van der Waals surface area contributed by atoms with Crippen LogP contribution < -0.4 is 10.2 Å². The Kier molecular flexibility index (Phi) is 4.75. The molecule has 134 valence electrons. The molecule has 0 N–H and O–H groups in total. The van der Waals surface area contributed by atoms with E-state index >= 15 is 0 Å². The van der Waals surface area contributed by atoms with Crippen LogP contribution in [0, 0.1) is 5.82 Å². The van der Waals surface area contributed by atoms with Crippen LogP contribution >= 0.6 is 0 Å². The fraction of sp³-hybridized carbons (Fsp3) is 0.412. The molecule has 6 nitrogen and oxygen atoms in total. The van der Waals surface area contributed by atoms with E-state index in [-0.39, 0.29) is 39.9 Å². The normalized spacial score (nSPS) is 15.2. The van der Waals surface area contributed by atoms with Gasteiger partial charge in [-0.15, -0.1) is 0 Å². The molecule has 1 heterocycles. The predicted octanol–water partition coefficient (Wildman–Crippen LogP) is 2.40. The van der Waals surface area contributed by atoms with Crippen LogP contribution in [0.4, 0.5) is 4.39 Å². The molecular weight excluding hydrogens is 349 g/mol. The summed E-state index contributed by atoms with van der Waals surface area (Å²) in [6, 6.07) is 2.38. The molecule has 0 aliphatic heterocycles. The largest absolute Gasteiger partial charge is 0.610 e. The molecule has 1 aliphatic carbocycles. The number of methoxy groups -OCH3 is 1. The van der Waals surface area contributed by atoms with E-state index < -0.39 is 28.4 Å². The third-order valence-electron chi connectivity index (χ3n) is 4.10. The van der Waals surface area contributed by atoms with Crippen LogP contribution in [-0.2, 0) is 15.9 Å². The summed E-state index contributed by atoms with van der Waals surface area (Å²) in [7, 11) is 1.31. The Bertz CT molecular complexity index is 904. The van der Waals surface area contributed by atoms with E-state index in [1.807, 2.05) is 0 Å². The summed E-state index contributed by atoms with van der Waals surface area (Å²) < 4.78 is 38.4. The second-order valence-corrected chi connectivity index (χ2v) is 7.06. The van der Waals surface area contributed by atoms with Crippen LogP contribution in [0.5, 0.6) is 5.75 Å². The van der Waals surface area contributed by atoms with Crippen molar-refractivity contribution in [3.63, 3.8) is 0 Å². The summed E-state index contributed by atoms with van der Waals surface area (Å²) in [5, 5.41) is 0.199. The minimum absolute atomic E-state index is 0.0577. The van der Waals surface area contributed by atoms with Crippen molar-refractivity contribution in [1.82, 2.24) is 4.57 Å². The molecule has 0 saturated heterocycles. The number of esters is 1. The third-order valence-corrected chi connectivity index (χ3v) is 5.04. The molecule has 3 rings (SSSR count). The molecule has 0 amide bonds. The van der Waals surface area contributed by atoms with Gasteiger partial charge in [0.15, 0.2) is 17.1 Å². The monoisotopic (exact) mass is 367 g/mol. The standard InChI is InChI=1S/C17H18FNO5S/c1-4-24-17(21)12-14(20)10-7-8-11(18)15(23-2)13(10)19(9-5-6-9)16(12)25(3)22/h7-9H,4-6H2,1-3H3. The first-order valence-corrected chi connectivity index (χ1v) is 9.43. The lowest BCUT2D eigenvalue weighted by atomic mass is 10.1. The Hall–Kier alpha value is -2.06. The molecule has 1 fully saturated rings. The topological polar surface area (TPSA) is 80.6 Å². The van der Waals surface area contributed by atoms with Gasteiger partial charge < -0.3 is 14.0 Å². The van der Waals surface area contributed by atoms with Gasteiger partial charge in [-0.25, -0.2) is 9.18 Å². The van der Waals surface area contributed by atoms with Crippen molar-refractivity contribution in [3.05, 3.63) is 33.7 Å². The average Bonchev–Trinajstić information content (AvgIpc) is 3.39. The van der Waals surface area contributed by atoms with Crippen molar-refractivity contribution in [2.24, 2.45) is 0 Å². The summed E-state index contributed by atoms with van der Waals surface area (Å²) in [6.45, 7) is 1.71. The number of pyridine rings is 1. The van der Waals surface area contributed by atoms with Gasteiger partial charge in [-0.1, -0.05) is 0 Å². The first-order valence-electron chi connectivity index (χ1n) is 7.87. The van der Waals surface area contributed by atoms with Gasteiger partial charge in [-0.2, -0.15) is 0 Å². The second kappa shape index (κ2) is 6.68. The maximum absolute atomic E-state index is 14.2. The highest BCUT2D eigenvalue weighted by molar-refractivity contribution is 7.90. The molecular formula is C17H18FNO5S. The predicted molar refractivity (Wildman–Crippen MR) is 91.3 cm³/mol. The Labute approximate surface area is 146 Å². The summed E-state index contributed by atoms with van der Waals surface area (Å²) in [5.41, 5.74) is -0.655. The van der Waals surface area contributed by atoms with Crippen molar-refractivity contribution in [3.8, 4) is 5.75 Å². The molecule has 1 aromatic carbocycles. The Morgan fingerprint density at radius 2 is 2.12 bits per heavy atom. The Balaban J connectivity index is 2.51. The SMILES string of the molecule is CCOC(=O)c1c([S+](C)[O-])n(C2CC2)c2c(OC)c(F)ccc2c1=O. The lowest BCUT2D eigenvalue weighted by Crippen LogP contribution is -2.28. The summed E-state index contributed by atoms with van der Waals surface area (Å²) >= 11 is -1.66. The molecule has 2 aromatic rings. The molecule has 1 atom stereocenters. The highest BCUT2D eigenvalue weighted by Crippen LogP contribution is 2.42. The zero-order valence-electron chi connectivity index (χ0n) is 14.1. The third kappa shape index (κ3) is 2.89. The van der Waals surface area contributed by atoms with Crippen LogP contribution in [0.3, 0.4) is 0 Å². The molecule has 1 aromatic heterocycles. The first-order chi connectivity index (χ1) is 11.9. The molecule has 1 unspecified atom stereocenters. The summed E-state index contributed by atoms with van der Waals surface area (Å²) in [5.74, 6) is -1.54. The second-order valence-electron chi connectivity index (χ2n) is 5.76. The van der Waals surface area contributed by atoms with Gasteiger partial charge in [0.25, 0.3) is 0 Å². The lowest BCUT2D eigenvalue weighted by molar-refractivity contribution is 0.0518. The maximum atomic E-state index is 14.2. The number of carbonyl (C=O) groups excluding carboxylic acids is 1. The minimum atomic E-state index is -1.66. The van der Waals surface area contributed by atoms with Crippen molar-refractivity contribution >= 4 is 28.0 Å². The van der Waals surface area contributed by atoms with Gasteiger partial charge in [0.1, 0.15) is 11.8 Å². The smallest absolute Gasteiger partial charge is 0.349 e. The van der Waals surface area contributed by atoms with Crippen molar-refractivity contribution in [1.29, 1.82) is 0 Å². The maximum Gasteiger partial charge on any atom is 0.349 e. The van der Waals surface area contributed by atoms with Gasteiger partial charge in [0.2, 0.25) is 10.5 Å². The van der Waals surface area contributed by atoms with Crippen LogP contribution in [-0.4, -0.2) is 35.1 Å². The Morgan fingerprint density at radius 1 is 1.44 bits per heavy atom. The van der Waals surface area contributed by atoms with E-state index in [0.717, 1.165) is 18.9 Å². The van der Waals surface area contributed by atoms with Crippen LogP contribution in [0.1, 0.15) is 36.2 Å². The van der Waals surface area contributed by atoms with E-state index in [2.05, 4.69) is 0 Å². The van der Waals surface area contributed by atoms with E-state index in [4.69, 9.17) is 9.47 Å². The number of rotatable bonds is 5. The number of benzene rings is 1. The van der Waals surface area contributed by atoms with E-state index in [9.17, 15) is 18.5 Å². The number of nitrogens with zero attached hydrogens (tertiary/aromatic N) is 1. The van der Waals surface area contributed by atoms with Gasteiger partial charge in [-0.3, -0.25) is 9.36 Å². The average molecular weight is 367 g/mol. The van der Waals surface area contributed by atoms with E-state index in [0.29, 0.717) is 0 Å². The minimum Gasteiger partial charge on any atom is -0.610 e. The van der Waals surface area contributed by atoms with Gasteiger partial charge in [0, 0.05) is 17.2 Å². The molecule has 8 heteroatoms. The number of ether oxygens (including phenoxy) is 2. The molecule has 0 spiro atoms. The van der Waals surface area contributed by atoms with Crippen LogP contribution in [0.2, 0.25) is 0 Å². The van der Waals surface area contributed by atoms with E-state index in [1.54, 1.807) is 11.5 Å². The number of hydrogen-bond acceptors (Lipinski definition) is 5.